The van der Waals surface area contributed by atoms with E-state index in [1.54, 1.807) is 25.1 Å². The van der Waals surface area contributed by atoms with E-state index in [0.29, 0.717) is 21.6 Å². The Morgan fingerprint density at radius 1 is 1.35 bits per heavy atom. The van der Waals surface area contributed by atoms with Crippen LogP contribution in [0.2, 0.25) is 10.0 Å². The Bertz CT molecular complexity index is 547. The number of rotatable bonds is 2. The van der Waals surface area contributed by atoms with Crippen molar-refractivity contribution in [1.29, 1.82) is 0 Å². The molecule has 0 saturated carbocycles. The molecule has 2 rings (SSSR count). The summed E-state index contributed by atoms with van der Waals surface area (Å²) < 4.78 is 0. The van der Waals surface area contributed by atoms with Gasteiger partial charge in [0.15, 0.2) is 0 Å². The SMILES string of the molecule is Cc1nc(C(=O)Nc2c(Cl)cccc2Cl)n[nH]1. The van der Waals surface area contributed by atoms with Crippen LogP contribution >= 0.6 is 23.2 Å². The maximum Gasteiger partial charge on any atom is 0.295 e. The molecule has 0 aliphatic heterocycles. The smallest absolute Gasteiger partial charge is 0.295 e. The van der Waals surface area contributed by atoms with E-state index in [1.165, 1.54) is 0 Å². The number of carbonyl (C=O) groups excluding carboxylic acids is 1. The highest BCUT2D eigenvalue weighted by atomic mass is 35.5. The van der Waals surface area contributed by atoms with Crippen molar-refractivity contribution >= 4 is 34.8 Å². The summed E-state index contributed by atoms with van der Waals surface area (Å²) >= 11 is 11.8. The van der Waals surface area contributed by atoms with Gasteiger partial charge in [-0.05, 0) is 19.1 Å². The fraction of sp³-hybridized carbons (Fsp3) is 0.100. The molecule has 0 spiro atoms. The molecule has 0 aliphatic carbocycles. The molecule has 0 bridgehead atoms. The number of benzene rings is 1. The first-order valence-corrected chi connectivity index (χ1v) is 5.48. The quantitative estimate of drug-likeness (QED) is 0.882. The fourth-order valence-corrected chi connectivity index (χ4v) is 1.72. The molecular formula is C10H8Cl2N4O. The maximum atomic E-state index is 11.8. The minimum atomic E-state index is -0.468. The van der Waals surface area contributed by atoms with Gasteiger partial charge in [-0.25, -0.2) is 4.98 Å². The number of nitrogens with one attached hydrogen (secondary N) is 2. The Balaban J connectivity index is 2.24. The Morgan fingerprint density at radius 3 is 2.53 bits per heavy atom. The predicted octanol–water partition coefficient (Wildman–Crippen LogP) is 2.67. The first-order chi connectivity index (χ1) is 8.08. The van der Waals surface area contributed by atoms with Crippen molar-refractivity contribution in [3.8, 4) is 0 Å². The molecule has 0 radical (unpaired) electrons. The average molecular weight is 271 g/mol. The lowest BCUT2D eigenvalue weighted by Gasteiger charge is -2.06. The Hall–Kier alpha value is -1.59. The largest absolute Gasteiger partial charge is 0.317 e. The van der Waals surface area contributed by atoms with E-state index < -0.39 is 5.91 Å². The van der Waals surface area contributed by atoms with Gasteiger partial charge in [-0.2, -0.15) is 0 Å². The summed E-state index contributed by atoms with van der Waals surface area (Å²) in [4.78, 5) is 15.7. The molecule has 7 heteroatoms. The van der Waals surface area contributed by atoms with Gasteiger partial charge in [0.05, 0.1) is 15.7 Å². The number of anilines is 1. The van der Waals surface area contributed by atoms with Crippen molar-refractivity contribution in [1.82, 2.24) is 15.2 Å². The minimum Gasteiger partial charge on any atom is -0.317 e. The molecule has 0 fully saturated rings. The van der Waals surface area contributed by atoms with Crippen LogP contribution in [-0.2, 0) is 0 Å². The maximum absolute atomic E-state index is 11.8. The third-order valence-electron chi connectivity index (χ3n) is 2.00. The summed E-state index contributed by atoms with van der Waals surface area (Å²) in [5.74, 6) is 0.128. The molecule has 0 atom stereocenters. The number of hydrogen-bond donors (Lipinski definition) is 2. The Morgan fingerprint density at radius 2 is 2.00 bits per heavy atom. The Kier molecular flexibility index (Phi) is 3.31. The van der Waals surface area contributed by atoms with Gasteiger partial charge in [0.2, 0.25) is 5.82 Å². The molecule has 0 unspecified atom stereocenters. The standard InChI is InChI=1S/C10H8Cl2N4O/c1-5-13-9(16-15-5)10(17)14-8-6(11)3-2-4-7(8)12/h2-4H,1H3,(H,14,17)(H,13,15,16). The van der Waals surface area contributed by atoms with Gasteiger partial charge < -0.3 is 5.32 Å². The summed E-state index contributed by atoms with van der Waals surface area (Å²) in [7, 11) is 0. The zero-order chi connectivity index (χ0) is 12.4. The number of amides is 1. The van der Waals surface area contributed by atoms with E-state index in [0.717, 1.165) is 0 Å². The van der Waals surface area contributed by atoms with E-state index in [2.05, 4.69) is 20.5 Å². The normalized spacial score (nSPS) is 10.3. The lowest BCUT2D eigenvalue weighted by molar-refractivity contribution is 0.101. The lowest BCUT2D eigenvalue weighted by atomic mass is 10.3. The Labute approximate surface area is 107 Å². The molecule has 2 aromatic rings. The van der Waals surface area contributed by atoms with Gasteiger partial charge in [-0.1, -0.05) is 29.3 Å². The highest BCUT2D eigenvalue weighted by Crippen LogP contribution is 2.29. The monoisotopic (exact) mass is 270 g/mol. The van der Waals surface area contributed by atoms with Crippen LogP contribution in [0.1, 0.15) is 16.4 Å². The molecule has 1 aromatic carbocycles. The number of aryl methyl sites for hydroxylation is 1. The summed E-state index contributed by atoms with van der Waals surface area (Å²) in [6.07, 6.45) is 0. The molecule has 1 aromatic heterocycles. The number of halogens is 2. The minimum absolute atomic E-state index is 0.0403. The molecule has 0 aliphatic rings. The van der Waals surface area contributed by atoms with Crippen LogP contribution in [0.25, 0.3) is 0 Å². The van der Waals surface area contributed by atoms with Crippen LogP contribution in [0.4, 0.5) is 5.69 Å². The van der Waals surface area contributed by atoms with Crippen LogP contribution < -0.4 is 5.32 Å². The van der Waals surface area contributed by atoms with E-state index >= 15 is 0 Å². The van der Waals surface area contributed by atoms with Crippen molar-refractivity contribution in [2.45, 2.75) is 6.92 Å². The predicted molar refractivity (Wildman–Crippen MR) is 65.5 cm³/mol. The molecule has 5 nitrogen and oxygen atoms in total. The van der Waals surface area contributed by atoms with Crippen LogP contribution in [-0.4, -0.2) is 21.1 Å². The second-order valence-corrected chi connectivity index (χ2v) is 4.11. The van der Waals surface area contributed by atoms with Crippen LogP contribution in [0.5, 0.6) is 0 Å². The summed E-state index contributed by atoms with van der Waals surface area (Å²) in [6.45, 7) is 1.70. The molecule has 17 heavy (non-hydrogen) atoms. The molecule has 1 amide bonds. The number of carbonyl (C=O) groups is 1. The number of para-hydroxylation sites is 1. The average Bonchev–Trinajstić information content (AvgIpc) is 2.70. The number of aromatic amines is 1. The molecule has 1 heterocycles. The summed E-state index contributed by atoms with van der Waals surface area (Å²) in [6, 6.07) is 4.95. The highest BCUT2D eigenvalue weighted by Gasteiger charge is 2.14. The highest BCUT2D eigenvalue weighted by molar-refractivity contribution is 6.39. The summed E-state index contributed by atoms with van der Waals surface area (Å²) in [5.41, 5.74) is 0.350. The van der Waals surface area contributed by atoms with E-state index in [9.17, 15) is 4.79 Å². The third-order valence-corrected chi connectivity index (χ3v) is 2.63. The second-order valence-electron chi connectivity index (χ2n) is 3.30. The van der Waals surface area contributed by atoms with Crippen molar-refractivity contribution in [2.24, 2.45) is 0 Å². The number of hydrogen-bond acceptors (Lipinski definition) is 3. The van der Waals surface area contributed by atoms with Crippen LogP contribution in [0.15, 0.2) is 18.2 Å². The van der Waals surface area contributed by atoms with Crippen molar-refractivity contribution in [2.75, 3.05) is 5.32 Å². The number of H-pyrrole nitrogens is 1. The van der Waals surface area contributed by atoms with Gasteiger partial charge in [0.1, 0.15) is 5.82 Å². The second kappa shape index (κ2) is 4.73. The number of aromatic nitrogens is 3. The van der Waals surface area contributed by atoms with E-state index in [4.69, 9.17) is 23.2 Å². The number of nitrogens with zero attached hydrogens (tertiary/aromatic N) is 2. The van der Waals surface area contributed by atoms with Gasteiger partial charge in [-0.15, -0.1) is 5.10 Å². The van der Waals surface area contributed by atoms with E-state index in [-0.39, 0.29) is 5.82 Å². The van der Waals surface area contributed by atoms with Gasteiger partial charge in [-0.3, -0.25) is 9.89 Å². The molecule has 2 N–H and O–H groups in total. The van der Waals surface area contributed by atoms with Gasteiger partial charge >= 0.3 is 0 Å². The first kappa shape index (κ1) is 11.9. The summed E-state index contributed by atoms with van der Waals surface area (Å²) in [5, 5.41) is 9.59. The molecule has 0 saturated heterocycles. The zero-order valence-corrected chi connectivity index (χ0v) is 10.3. The topological polar surface area (TPSA) is 70.7 Å². The van der Waals surface area contributed by atoms with Crippen LogP contribution in [0, 0.1) is 6.92 Å². The van der Waals surface area contributed by atoms with Gasteiger partial charge in [0.25, 0.3) is 5.91 Å². The third kappa shape index (κ3) is 2.57. The lowest BCUT2D eigenvalue weighted by Crippen LogP contribution is -2.14. The molecular weight excluding hydrogens is 263 g/mol. The first-order valence-electron chi connectivity index (χ1n) is 4.72. The zero-order valence-electron chi connectivity index (χ0n) is 8.79. The van der Waals surface area contributed by atoms with Gasteiger partial charge in [0, 0.05) is 0 Å². The molecule has 88 valence electrons. The van der Waals surface area contributed by atoms with Crippen molar-refractivity contribution in [3.05, 3.63) is 39.9 Å². The van der Waals surface area contributed by atoms with Crippen molar-refractivity contribution in [3.63, 3.8) is 0 Å². The van der Waals surface area contributed by atoms with E-state index in [1.807, 2.05) is 0 Å². The fourth-order valence-electron chi connectivity index (χ4n) is 1.23. The van der Waals surface area contributed by atoms with Crippen LogP contribution in [0.3, 0.4) is 0 Å². The van der Waals surface area contributed by atoms with Crippen molar-refractivity contribution < 1.29 is 4.79 Å².